The highest BCUT2D eigenvalue weighted by Gasteiger charge is 2.19. The Bertz CT molecular complexity index is 248. The number of methoxy groups -OCH3 is 1. The molecule has 0 aromatic heterocycles. The summed E-state index contributed by atoms with van der Waals surface area (Å²) in [6.07, 6.45) is 5.45. The van der Waals surface area contributed by atoms with Crippen molar-refractivity contribution in [2.75, 3.05) is 33.8 Å². The fourth-order valence-electron chi connectivity index (χ4n) is 2.44. The van der Waals surface area contributed by atoms with Crippen LogP contribution < -0.4 is 11.1 Å². The molecule has 1 unspecified atom stereocenters. The molecular formula is C13H29Cl2N3O2. The maximum atomic E-state index is 11.6. The SMILES string of the molecule is COC(CN)CC(=O)NCCN(C)C1CCCC1.Cl.Cl. The van der Waals surface area contributed by atoms with Crippen LogP contribution in [-0.2, 0) is 9.53 Å². The number of likely N-dealkylation sites (N-methyl/N-ethyl adjacent to an activating group) is 1. The smallest absolute Gasteiger partial charge is 0.222 e. The number of halogens is 2. The number of hydrogen-bond donors (Lipinski definition) is 2. The molecule has 0 spiro atoms. The molecule has 1 atom stereocenters. The molecule has 0 aliphatic heterocycles. The van der Waals surface area contributed by atoms with Gasteiger partial charge in [-0.1, -0.05) is 12.8 Å². The zero-order valence-electron chi connectivity index (χ0n) is 12.5. The van der Waals surface area contributed by atoms with Gasteiger partial charge in [-0.05, 0) is 19.9 Å². The molecule has 1 aliphatic carbocycles. The number of nitrogens with zero attached hydrogens (tertiary/aromatic N) is 1. The van der Waals surface area contributed by atoms with Gasteiger partial charge in [-0.2, -0.15) is 0 Å². The van der Waals surface area contributed by atoms with E-state index in [0.29, 0.717) is 25.6 Å². The van der Waals surface area contributed by atoms with E-state index in [2.05, 4.69) is 17.3 Å². The quantitative estimate of drug-likeness (QED) is 0.701. The lowest BCUT2D eigenvalue weighted by Crippen LogP contribution is -2.39. The number of rotatable bonds is 8. The first kappa shape index (κ1) is 22.2. The zero-order valence-corrected chi connectivity index (χ0v) is 14.1. The monoisotopic (exact) mass is 329 g/mol. The number of nitrogens with one attached hydrogen (secondary N) is 1. The minimum absolute atomic E-state index is 0. The molecule has 0 radical (unpaired) electrons. The van der Waals surface area contributed by atoms with Gasteiger partial charge in [-0.3, -0.25) is 4.79 Å². The van der Waals surface area contributed by atoms with Crippen molar-refractivity contribution in [3.63, 3.8) is 0 Å². The minimum Gasteiger partial charge on any atom is -0.380 e. The molecule has 20 heavy (non-hydrogen) atoms. The van der Waals surface area contributed by atoms with Crippen molar-refractivity contribution in [3.8, 4) is 0 Å². The van der Waals surface area contributed by atoms with E-state index in [1.165, 1.54) is 25.7 Å². The second-order valence-electron chi connectivity index (χ2n) is 5.07. The van der Waals surface area contributed by atoms with E-state index < -0.39 is 0 Å². The first-order valence-corrected chi connectivity index (χ1v) is 6.87. The Hall–Kier alpha value is -0.0700. The van der Waals surface area contributed by atoms with Gasteiger partial charge in [-0.25, -0.2) is 0 Å². The van der Waals surface area contributed by atoms with E-state index in [1.54, 1.807) is 7.11 Å². The van der Waals surface area contributed by atoms with Crippen LogP contribution >= 0.6 is 24.8 Å². The fourth-order valence-corrected chi connectivity index (χ4v) is 2.44. The summed E-state index contributed by atoms with van der Waals surface area (Å²) in [5, 5.41) is 2.92. The number of ether oxygens (including phenoxy) is 1. The molecule has 122 valence electrons. The predicted octanol–water partition coefficient (Wildman–Crippen LogP) is 1.18. The third kappa shape index (κ3) is 8.27. The molecule has 5 nitrogen and oxygen atoms in total. The first-order chi connectivity index (χ1) is 8.67. The van der Waals surface area contributed by atoms with Gasteiger partial charge in [0.05, 0.1) is 12.5 Å². The summed E-state index contributed by atoms with van der Waals surface area (Å²) in [6.45, 7) is 2.00. The van der Waals surface area contributed by atoms with Gasteiger partial charge in [0.2, 0.25) is 5.91 Å². The minimum atomic E-state index is -0.169. The Morgan fingerprint density at radius 2 is 2.00 bits per heavy atom. The maximum absolute atomic E-state index is 11.6. The molecule has 0 heterocycles. The lowest BCUT2D eigenvalue weighted by Gasteiger charge is -2.24. The Kier molecular flexibility index (Phi) is 14.1. The third-order valence-corrected chi connectivity index (χ3v) is 3.74. The number of nitrogens with two attached hydrogens (primary N) is 1. The summed E-state index contributed by atoms with van der Waals surface area (Å²) in [5.74, 6) is 0.0205. The van der Waals surface area contributed by atoms with E-state index in [4.69, 9.17) is 10.5 Å². The molecule has 0 bridgehead atoms. The number of carbonyl (C=O) groups is 1. The molecule has 0 saturated heterocycles. The van der Waals surface area contributed by atoms with Gasteiger partial charge in [0.1, 0.15) is 0 Å². The number of amides is 1. The average molecular weight is 330 g/mol. The van der Waals surface area contributed by atoms with E-state index in [-0.39, 0.29) is 36.8 Å². The van der Waals surface area contributed by atoms with Gasteiger partial charge < -0.3 is 20.7 Å². The molecule has 0 aromatic carbocycles. The standard InChI is InChI=1S/C13H27N3O2.2ClH/c1-16(11-5-3-4-6-11)8-7-15-13(17)9-12(10-14)18-2;;/h11-12H,3-10,14H2,1-2H3,(H,15,17);2*1H. The van der Waals surface area contributed by atoms with Crippen LogP contribution in [-0.4, -0.2) is 56.7 Å². The summed E-state index contributed by atoms with van der Waals surface area (Å²) in [5.41, 5.74) is 5.48. The Balaban J connectivity index is 0. The molecule has 1 fully saturated rings. The summed E-state index contributed by atoms with van der Waals surface area (Å²) < 4.78 is 5.08. The van der Waals surface area contributed by atoms with Crippen molar-refractivity contribution >= 4 is 30.7 Å². The van der Waals surface area contributed by atoms with E-state index in [9.17, 15) is 4.79 Å². The summed E-state index contributed by atoms with van der Waals surface area (Å²) in [7, 11) is 3.72. The second-order valence-corrected chi connectivity index (χ2v) is 5.07. The molecule has 1 amide bonds. The summed E-state index contributed by atoms with van der Waals surface area (Å²) in [4.78, 5) is 14.0. The van der Waals surface area contributed by atoms with Crippen molar-refractivity contribution in [2.45, 2.75) is 44.2 Å². The third-order valence-electron chi connectivity index (χ3n) is 3.74. The van der Waals surface area contributed by atoms with Crippen LogP contribution in [0.25, 0.3) is 0 Å². The van der Waals surface area contributed by atoms with Crippen LogP contribution in [0.5, 0.6) is 0 Å². The lowest BCUT2D eigenvalue weighted by atomic mass is 10.2. The van der Waals surface area contributed by atoms with Gasteiger partial charge in [0, 0.05) is 32.8 Å². The van der Waals surface area contributed by atoms with Crippen LogP contribution in [0.4, 0.5) is 0 Å². The van der Waals surface area contributed by atoms with Crippen molar-refractivity contribution in [1.29, 1.82) is 0 Å². The molecule has 7 heteroatoms. The maximum Gasteiger partial charge on any atom is 0.222 e. The number of hydrogen-bond acceptors (Lipinski definition) is 4. The average Bonchev–Trinajstić information content (AvgIpc) is 2.89. The van der Waals surface area contributed by atoms with Gasteiger partial charge in [0.15, 0.2) is 0 Å². The van der Waals surface area contributed by atoms with Crippen LogP contribution in [0.15, 0.2) is 0 Å². The first-order valence-electron chi connectivity index (χ1n) is 6.87. The van der Waals surface area contributed by atoms with Crippen LogP contribution in [0.2, 0.25) is 0 Å². The Morgan fingerprint density at radius 3 is 2.50 bits per heavy atom. The fraction of sp³-hybridized carbons (Fsp3) is 0.923. The van der Waals surface area contributed by atoms with Gasteiger partial charge in [0.25, 0.3) is 0 Å². The zero-order chi connectivity index (χ0) is 13.4. The van der Waals surface area contributed by atoms with E-state index >= 15 is 0 Å². The van der Waals surface area contributed by atoms with Crippen molar-refractivity contribution < 1.29 is 9.53 Å². The molecule has 3 N–H and O–H groups in total. The predicted molar refractivity (Wildman–Crippen MR) is 86.9 cm³/mol. The van der Waals surface area contributed by atoms with Gasteiger partial charge >= 0.3 is 0 Å². The summed E-state index contributed by atoms with van der Waals surface area (Å²) >= 11 is 0. The van der Waals surface area contributed by atoms with Crippen molar-refractivity contribution in [3.05, 3.63) is 0 Å². The Labute approximate surface area is 134 Å². The second kappa shape index (κ2) is 12.7. The van der Waals surface area contributed by atoms with Crippen molar-refractivity contribution in [2.24, 2.45) is 5.73 Å². The van der Waals surface area contributed by atoms with Crippen LogP contribution in [0.1, 0.15) is 32.1 Å². The largest absolute Gasteiger partial charge is 0.380 e. The topological polar surface area (TPSA) is 67.6 Å². The molecule has 1 rings (SSSR count). The van der Waals surface area contributed by atoms with Crippen LogP contribution in [0.3, 0.4) is 0 Å². The van der Waals surface area contributed by atoms with Gasteiger partial charge in [-0.15, -0.1) is 24.8 Å². The highest BCUT2D eigenvalue weighted by Crippen LogP contribution is 2.21. The van der Waals surface area contributed by atoms with E-state index in [0.717, 1.165) is 6.54 Å². The van der Waals surface area contributed by atoms with Crippen molar-refractivity contribution in [1.82, 2.24) is 10.2 Å². The lowest BCUT2D eigenvalue weighted by molar-refractivity contribution is -0.123. The number of carbonyl (C=O) groups excluding carboxylic acids is 1. The normalized spacial score (nSPS) is 16.4. The Morgan fingerprint density at radius 1 is 1.40 bits per heavy atom. The molecule has 0 aromatic rings. The molecule has 1 aliphatic rings. The summed E-state index contributed by atoms with van der Waals surface area (Å²) in [6, 6.07) is 0.706. The highest BCUT2D eigenvalue weighted by atomic mass is 35.5. The highest BCUT2D eigenvalue weighted by molar-refractivity contribution is 5.85. The molecular weight excluding hydrogens is 301 g/mol. The van der Waals surface area contributed by atoms with Crippen LogP contribution in [0, 0.1) is 0 Å². The molecule has 1 saturated carbocycles. The van der Waals surface area contributed by atoms with E-state index in [1.807, 2.05) is 0 Å².